The van der Waals surface area contributed by atoms with Crippen molar-refractivity contribution in [3.05, 3.63) is 36.0 Å². The summed E-state index contributed by atoms with van der Waals surface area (Å²) in [6.45, 7) is 2.13. The Labute approximate surface area is 98.4 Å². The number of nitrogens with one attached hydrogen (secondary N) is 1. The van der Waals surface area contributed by atoms with Gasteiger partial charge in [0, 0.05) is 5.25 Å². The molecule has 0 aliphatic carbocycles. The highest BCUT2D eigenvalue weighted by Gasteiger charge is 2.09. The fourth-order valence-corrected chi connectivity index (χ4v) is 2.24. The molecule has 0 saturated carbocycles. The third kappa shape index (κ3) is 2.55. The first kappa shape index (κ1) is 11.0. The van der Waals surface area contributed by atoms with E-state index in [1.54, 1.807) is 25.1 Å². The van der Waals surface area contributed by atoms with Gasteiger partial charge in [0.2, 0.25) is 0 Å². The van der Waals surface area contributed by atoms with E-state index in [4.69, 9.17) is 4.74 Å². The Kier molecular flexibility index (Phi) is 3.46. The molecule has 2 aromatic rings. The fourth-order valence-electron chi connectivity index (χ4n) is 1.39. The molecule has 0 saturated heterocycles. The standard InChI is InChI=1S/C11H13N3OS/c1-8(16-11-7-12-14-13-11)9-4-3-5-10(6-9)15-2/h3-8H,1-2H3,(H,12,13,14)/t8-/m0/s1. The first-order valence-electron chi connectivity index (χ1n) is 4.96. The van der Waals surface area contributed by atoms with E-state index >= 15 is 0 Å². The average Bonchev–Trinajstić information content (AvgIpc) is 2.82. The summed E-state index contributed by atoms with van der Waals surface area (Å²) in [6.07, 6.45) is 1.72. The van der Waals surface area contributed by atoms with Crippen LogP contribution in [0.3, 0.4) is 0 Å². The van der Waals surface area contributed by atoms with Crippen LogP contribution in [0.5, 0.6) is 5.75 Å². The Balaban J connectivity index is 2.11. The molecular weight excluding hydrogens is 222 g/mol. The lowest BCUT2D eigenvalue weighted by atomic mass is 10.1. The van der Waals surface area contributed by atoms with Crippen molar-refractivity contribution in [3.63, 3.8) is 0 Å². The minimum Gasteiger partial charge on any atom is -0.497 e. The van der Waals surface area contributed by atoms with Crippen LogP contribution in [0.25, 0.3) is 0 Å². The van der Waals surface area contributed by atoms with Gasteiger partial charge >= 0.3 is 0 Å². The van der Waals surface area contributed by atoms with Crippen LogP contribution in [0.4, 0.5) is 0 Å². The van der Waals surface area contributed by atoms with Gasteiger partial charge in [0.25, 0.3) is 0 Å². The van der Waals surface area contributed by atoms with Crippen molar-refractivity contribution in [1.29, 1.82) is 0 Å². The van der Waals surface area contributed by atoms with Gasteiger partial charge in [-0.2, -0.15) is 10.3 Å². The van der Waals surface area contributed by atoms with Crippen molar-refractivity contribution in [2.24, 2.45) is 0 Å². The van der Waals surface area contributed by atoms with Gasteiger partial charge in [-0.3, -0.25) is 0 Å². The maximum Gasteiger partial charge on any atom is 0.139 e. The summed E-state index contributed by atoms with van der Waals surface area (Å²) in [5.74, 6) is 0.880. The molecule has 0 fully saturated rings. The lowest BCUT2D eigenvalue weighted by Crippen LogP contribution is -1.90. The van der Waals surface area contributed by atoms with E-state index in [0.29, 0.717) is 5.25 Å². The Morgan fingerprint density at radius 3 is 3.00 bits per heavy atom. The molecule has 0 radical (unpaired) electrons. The molecule has 16 heavy (non-hydrogen) atoms. The summed E-state index contributed by atoms with van der Waals surface area (Å²) in [5, 5.41) is 11.6. The van der Waals surface area contributed by atoms with Crippen molar-refractivity contribution < 1.29 is 4.74 Å². The lowest BCUT2D eigenvalue weighted by Gasteiger charge is -2.10. The topological polar surface area (TPSA) is 50.8 Å². The summed E-state index contributed by atoms with van der Waals surface area (Å²) >= 11 is 1.66. The highest BCUT2D eigenvalue weighted by molar-refractivity contribution is 7.99. The zero-order valence-electron chi connectivity index (χ0n) is 9.18. The number of hydrogen-bond donors (Lipinski definition) is 1. The Bertz CT molecular complexity index is 444. The summed E-state index contributed by atoms with van der Waals surface area (Å²) in [4.78, 5) is 0. The average molecular weight is 235 g/mol. The Morgan fingerprint density at radius 2 is 2.31 bits per heavy atom. The van der Waals surface area contributed by atoms with E-state index in [1.807, 2.05) is 18.2 Å². The largest absolute Gasteiger partial charge is 0.497 e. The molecule has 0 unspecified atom stereocenters. The molecule has 1 aromatic heterocycles. The van der Waals surface area contributed by atoms with E-state index in [9.17, 15) is 0 Å². The molecular formula is C11H13N3OS. The number of methoxy groups -OCH3 is 1. The molecule has 0 spiro atoms. The zero-order valence-corrected chi connectivity index (χ0v) is 9.99. The van der Waals surface area contributed by atoms with Crippen LogP contribution >= 0.6 is 11.8 Å². The molecule has 1 heterocycles. The first-order chi connectivity index (χ1) is 7.79. The van der Waals surface area contributed by atoms with Gasteiger partial charge < -0.3 is 4.74 Å². The summed E-state index contributed by atoms with van der Waals surface area (Å²) < 4.78 is 5.20. The van der Waals surface area contributed by atoms with Gasteiger partial charge in [-0.25, -0.2) is 0 Å². The minimum atomic E-state index is 0.320. The minimum absolute atomic E-state index is 0.320. The van der Waals surface area contributed by atoms with Crippen LogP contribution in [0.2, 0.25) is 0 Å². The number of H-pyrrole nitrogens is 1. The van der Waals surface area contributed by atoms with Gasteiger partial charge in [0.1, 0.15) is 10.8 Å². The molecule has 1 N–H and O–H groups in total. The predicted molar refractivity (Wildman–Crippen MR) is 63.6 cm³/mol. The smallest absolute Gasteiger partial charge is 0.139 e. The Morgan fingerprint density at radius 1 is 1.44 bits per heavy atom. The number of aromatic nitrogens is 3. The van der Waals surface area contributed by atoms with Crippen LogP contribution in [-0.4, -0.2) is 22.5 Å². The van der Waals surface area contributed by atoms with Crippen molar-refractivity contribution >= 4 is 11.8 Å². The van der Waals surface area contributed by atoms with E-state index < -0.39 is 0 Å². The zero-order chi connectivity index (χ0) is 11.4. The van der Waals surface area contributed by atoms with Gasteiger partial charge in [-0.05, 0) is 24.6 Å². The maximum atomic E-state index is 5.20. The molecule has 0 amide bonds. The second kappa shape index (κ2) is 5.03. The van der Waals surface area contributed by atoms with Gasteiger partial charge in [-0.15, -0.1) is 5.10 Å². The van der Waals surface area contributed by atoms with Crippen LogP contribution in [0, 0.1) is 0 Å². The molecule has 1 atom stereocenters. The van der Waals surface area contributed by atoms with Crippen LogP contribution in [0.15, 0.2) is 35.5 Å². The Hall–Kier alpha value is -1.49. The number of benzene rings is 1. The van der Waals surface area contributed by atoms with E-state index in [0.717, 1.165) is 10.8 Å². The fraction of sp³-hybridized carbons (Fsp3) is 0.273. The van der Waals surface area contributed by atoms with Gasteiger partial charge in [0.05, 0.1) is 13.3 Å². The van der Waals surface area contributed by atoms with Crippen LogP contribution in [0.1, 0.15) is 17.7 Å². The molecule has 5 heteroatoms. The monoisotopic (exact) mass is 235 g/mol. The second-order valence-corrected chi connectivity index (χ2v) is 4.71. The van der Waals surface area contributed by atoms with E-state index in [2.05, 4.69) is 28.4 Å². The number of thioether (sulfide) groups is 1. The van der Waals surface area contributed by atoms with Crippen molar-refractivity contribution in [2.75, 3.05) is 7.11 Å². The first-order valence-corrected chi connectivity index (χ1v) is 5.84. The lowest BCUT2D eigenvalue weighted by molar-refractivity contribution is 0.414. The van der Waals surface area contributed by atoms with Crippen molar-refractivity contribution in [1.82, 2.24) is 15.4 Å². The molecule has 0 bridgehead atoms. The van der Waals surface area contributed by atoms with E-state index in [-0.39, 0.29) is 0 Å². The summed E-state index contributed by atoms with van der Waals surface area (Å²) in [5.41, 5.74) is 1.22. The van der Waals surface area contributed by atoms with Crippen molar-refractivity contribution in [2.45, 2.75) is 17.2 Å². The maximum absolute atomic E-state index is 5.20. The molecule has 84 valence electrons. The highest BCUT2D eigenvalue weighted by Crippen LogP contribution is 2.34. The normalized spacial score (nSPS) is 12.4. The number of hydrogen-bond acceptors (Lipinski definition) is 4. The summed E-state index contributed by atoms with van der Waals surface area (Å²) in [7, 11) is 1.68. The van der Waals surface area contributed by atoms with Crippen LogP contribution < -0.4 is 4.74 Å². The molecule has 0 aliphatic rings. The predicted octanol–water partition coefficient (Wildman–Crippen LogP) is 2.67. The third-order valence-corrected chi connectivity index (χ3v) is 3.32. The molecule has 0 aliphatic heterocycles. The van der Waals surface area contributed by atoms with E-state index in [1.165, 1.54) is 5.56 Å². The van der Waals surface area contributed by atoms with Gasteiger partial charge in [0.15, 0.2) is 0 Å². The number of ether oxygens (including phenoxy) is 1. The number of nitrogens with zero attached hydrogens (tertiary/aromatic N) is 2. The second-order valence-electron chi connectivity index (χ2n) is 3.34. The SMILES string of the molecule is COc1cccc([C@H](C)Sc2cn[nH]n2)c1. The summed E-state index contributed by atoms with van der Waals surface area (Å²) in [6, 6.07) is 8.06. The highest BCUT2D eigenvalue weighted by atomic mass is 32.2. The molecule has 1 aromatic carbocycles. The molecule has 4 nitrogen and oxygen atoms in total. The van der Waals surface area contributed by atoms with Gasteiger partial charge in [-0.1, -0.05) is 23.9 Å². The van der Waals surface area contributed by atoms with Crippen molar-refractivity contribution in [3.8, 4) is 5.75 Å². The third-order valence-electron chi connectivity index (χ3n) is 2.25. The van der Waals surface area contributed by atoms with Crippen LogP contribution in [-0.2, 0) is 0 Å². The number of aromatic amines is 1. The molecule has 2 rings (SSSR count). The quantitative estimate of drug-likeness (QED) is 0.828. The number of rotatable bonds is 4.